The Morgan fingerprint density at radius 3 is 2.37 bits per heavy atom. The number of piperidine rings is 1. The molecular formula is C38H59NO4. The molecule has 240 valence electrons. The molecule has 1 aliphatic heterocycles. The van der Waals surface area contributed by atoms with Gasteiger partial charge in [0, 0.05) is 13.1 Å². The molecule has 1 aromatic carbocycles. The lowest BCUT2D eigenvalue weighted by Crippen LogP contribution is -2.62. The van der Waals surface area contributed by atoms with Crippen molar-refractivity contribution in [3.63, 3.8) is 0 Å². The lowest BCUT2D eigenvalue weighted by atomic mass is 9.41. The van der Waals surface area contributed by atoms with Crippen molar-refractivity contribution in [2.24, 2.45) is 58.2 Å². The van der Waals surface area contributed by atoms with Crippen molar-refractivity contribution in [1.82, 2.24) is 4.90 Å². The third-order valence-electron chi connectivity index (χ3n) is 14.2. The first kappa shape index (κ1) is 31.4. The standard InChI is InChI=1S/C38H59NO4/c1-5-29-33-24-28(40)13-18-38(33,4)32-14-19-37(3)30(11-12-31(37)34(32)35(29)41)25(2)17-22-43-36(42)39-20-15-27(16-21-39)23-26-9-7-6-8-10-26/h6-10,25,27-35,40-41H,5,11-24H2,1-4H3/t25-,28-,29-,30-,31+,32+,33+,34+,35-,37-,38-/m1/s1. The van der Waals surface area contributed by atoms with Gasteiger partial charge < -0.3 is 19.8 Å². The highest BCUT2D eigenvalue weighted by atomic mass is 16.6. The summed E-state index contributed by atoms with van der Waals surface area (Å²) in [6.45, 7) is 11.8. The van der Waals surface area contributed by atoms with Gasteiger partial charge in [0.15, 0.2) is 0 Å². The number of benzene rings is 1. The van der Waals surface area contributed by atoms with Crippen LogP contribution < -0.4 is 0 Å². The third kappa shape index (κ3) is 5.80. The molecule has 4 saturated carbocycles. The summed E-state index contributed by atoms with van der Waals surface area (Å²) in [7, 11) is 0. The number of fused-ring (bicyclic) bond motifs is 5. The van der Waals surface area contributed by atoms with Gasteiger partial charge in [0.25, 0.3) is 0 Å². The molecule has 1 saturated heterocycles. The highest BCUT2D eigenvalue weighted by Crippen LogP contribution is 2.69. The van der Waals surface area contributed by atoms with Crippen LogP contribution in [-0.4, -0.2) is 53.1 Å². The molecule has 1 heterocycles. The van der Waals surface area contributed by atoms with E-state index >= 15 is 0 Å². The van der Waals surface area contributed by atoms with Crippen LogP contribution in [0.25, 0.3) is 0 Å². The van der Waals surface area contributed by atoms with Crippen molar-refractivity contribution in [2.75, 3.05) is 19.7 Å². The van der Waals surface area contributed by atoms with E-state index in [1.54, 1.807) is 0 Å². The fourth-order valence-corrected chi connectivity index (χ4v) is 11.8. The Hall–Kier alpha value is -1.59. The minimum atomic E-state index is -0.241. The Morgan fingerprint density at radius 2 is 1.65 bits per heavy atom. The van der Waals surface area contributed by atoms with Crippen molar-refractivity contribution >= 4 is 6.09 Å². The van der Waals surface area contributed by atoms with Gasteiger partial charge in [-0.05, 0) is 134 Å². The van der Waals surface area contributed by atoms with Gasteiger partial charge in [-0.1, -0.05) is 64.4 Å². The summed E-state index contributed by atoms with van der Waals surface area (Å²) < 4.78 is 5.87. The van der Waals surface area contributed by atoms with Gasteiger partial charge in [0.1, 0.15) is 0 Å². The molecule has 5 heteroatoms. The quantitative estimate of drug-likeness (QED) is 0.339. The zero-order valence-electron chi connectivity index (χ0n) is 27.4. The van der Waals surface area contributed by atoms with Crippen LogP contribution in [0.5, 0.6) is 0 Å². The first-order valence-corrected chi connectivity index (χ1v) is 18.0. The van der Waals surface area contributed by atoms with Gasteiger partial charge in [-0.15, -0.1) is 0 Å². The molecule has 0 unspecified atom stereocenters. The molecule has 0 aromatic heterocycles. The molecule has 5 nitrogen and oxygen atoms in total. The minimum absolute atomic E-state index is 0.127. The highest BCUT2D eigenvalue weighted by molar-refractivity contribution is 5.67. The van der Waals surface area contributed by atoms with Gasteiger partial charge in [-0.2, -0.15) is 0 Å². The van der Waals surface area contributed by atoms with E-state index in [0.717, 1.165) is 64.5 Å². The van der Waals surface area contributed by atoms with E-state index in [2.05, 4.69) is 58.0 Å². The fourth-order valence-electron chi connectivity index (χ4n) is 11.8. The van der Waals surface area contributed by atoms with E-state index in [0.29, 0.717) is 54.0 Å². The van der Waals surface area contributed by atoms with Crippen molar-refractivity contribution < 1.29 is 19.7 Å². The summed E-state index contributed by atoms with van der Waals surface area (Å²) >= 11 is 0. The predicted octanol–water partition coefficient (Wildman–Crippen LogP) is 7.73. The summed E-state index contributed by atoms with van der Waals surface area (Å²) in [5.41, 5.74) is 1.89. The van der Waals surface area contributed by atoms with Crippen molar-refractivity contribution in [3.8, 4) is 0 Å². The first-order chi connectivity index (χ1) is 20.7. The normalized spacial score (nSPS) is 42.0. The monoisotopic (exact) mass is 593 g/mol. The van der Waals surface area contributed by atoms with Gasteiger partial charge in [-0.3, -0.25) is 0 Å². The highest BCUT2D eigenvalue weighted by Gasteiger charge is 2.64. The molecule has 5 aliphatic rings. The smallest absolute Gasteiger partial charge is 0.409 e. The summed E-state index contributed by atoms with van der Waals surface area (Å²) in [6.07, 6.45) is 12.4. The molecular weight excluding hydrogens is 534 g/mol. The number of aliphatic hydroxyl groups is 2. The number of likely N-dealkylation sites (tertiary alicyclic amines) is 1. The lowest BCUT2D eigenvalue weighted by molar-refractivity contribution is -0.203. The zero-order chi connectivity index (χ0) is 30.4. The topological polar surface area (TPSA) is 70.0 Å². The van der Waals surface area contributed by atoms with Crippen molar-refractivity contribution in [2.45, 2.75) is 117 Å². The van der Waals surface area contributed by atoms with Crippen LogP contribution >= 0.6 is 0 Å². The number of nitrogens with zero attached hydrogens (tertiary/aromatic N) is 1. The molecule has 2 N–H and O–H groups in total. The lowest BCUT2D eigenvalue weighted by Gasteiger charge is -2.64. The maximum atomic E-state index is 12.9. The Labute approximate surface area is 261 Å². The molecule has 6 rings (SSSR count). The second kappa shape index (κ2) is 12.7. The van der Waals surface area contributed by atoms with Crippen LogP contribution in [0.4, 0.5) is 4.79 Å². The van der Waals surface area contributed by atoms with E-state index < -0.39 is 0 Å². The largest absolute Gasteiger partial charge is 0.449 e. The van der Waals surface area contributed by atoms with Crippen LogP contribution in [0.3, 0.4) is 0 Å². The van der Waals surface area contributed by atoms with E-state index in [4.69, 9.17) is 4.74 Å². The molecule has 4 aliphatic carbocycles. The minimum Gasteiger partial charge on any atom is -0.449 e. The van der Waals surface area contributed by atoms with Crippen LogP contribution in [0.15, 0.2) is 30.3 Å². The number of hydrogen-bond donors (Lipinski definition) is 2. The van der Waals surface area contributed by atoms with E-state index in [1.165, 1.54) is 31.2 Å². The van der Waals surface area contributed by atoms with Crippen LogP contribution in [0.1, 0.15) is 104 Å². The summed E-state index contributed by atoms with van der Waals surface area (Å²) in [5, 5.41) is 22.5. The van der Waals surface area contributed by atoms with E-state index in [-0.39, 0.29) is 29.1 Å². The summed E-state index contributed by atoms with van der Waals surface area (Å²) in [4.78, 5) is 14.9. The maximum absolute atomic E-state index is 12.9. The Morgan fingerprint density at radius 1 is 0.953 bits per heavy atom. The average molecular weight is 594 g/mol. The van der Waals surface area contributed by atoms with Crippen LogP contribution in [-0.2, 0) is 11.2 Å². The fraction of sp³-hybridized carbons (Fsp3) is 0.816. The van der Waals surface area contributed by atoms with Gasteiger partial charge in [0.2, 0.25) is 0 Å². The molecule has 0 radical (unpaired) electrons. The van der Waals surface area contributed by atoms with E-state index in [1.807, 2.05) is 4.90 Å². The summed E-state index contributed by atoms with van der Waals surface area (Å²) in [5.74, 6) is 4.07. The Balaban J connectivity index is 1.02. The number of hydrogen-bond acceptors (Lipinski definition) is 4. The molecule has 5 fully saturated rings. The number of carbonyl (C=O) groups is 1. The molecule has 11 atom stereocenters. The van der Waals surface area contributed by atoms with Crippen molar-refractivity contribution in [3.05, 3.63) is 35.9 Å². The zero-order valence-corrected chi connectivity index (χ0v) is 27.4. The average Bonchev–Trinajstić information content (AvgIpc) is 3.36. The van der Waals surface area contributed by atoms with Gasteiger partial charge >= 0.3 is 6.09 Å². The number of rotatable bonds is 7. The predicted molar refractivity (Wildman–Crippen MR) is 171 cm³/mol. The molecule has 43 heavy (non-hydrogen) atoms. The number of carbonyl (C=O) groups excluding carboxylic acids is 1. The number of aliphatic hydroxyl groups excluding tert-OH is 2. The van der Waals surface area contributed by atoms with Crippen LogP contribution in [0.2, 0.25) is 0 Å². The van der Waals surface area contributed by atoms with Gasteiger partial charge in [-0.25, -0.2) is 4.79 Å². The second-order valence-corrected chi connectivity index (χ2v) is 16.1. The van der Waals surface area contributed by atoms with Crippen LogP contribution in [0, 0.1) is 58.2 Å². The third-order valence-corrected chi connectivity index (χ3v) is 14.2. The SMILES string of the molecule is CC[C@H]1[C@@H](O)[C@@H]2[C@H](CC[C@]3(C)[C@@H]([C@H](C)CCOC(=O)N4CCC(Cc5ccccc5)CC4)CC[C@@H]23)[C@@]2(C)CC[C@@H](O)C[C@@H]12. The Bertz CT molecular complexity index is 1090. The molecule has 1 aromatic rings. The maximum Gasteiger partial charge on any atom is 0.409 e. The number of ether oxygens (including phenoxy) is 1. The number of amides is 1. The van der Waals surface area contributed by atoms with E-state index in [9.17, 15) is 15.0 Å². The van der Waals surface area contributed by atoms with Crippen molar-refractivity contribution in [1.29, 1.82) is 0 Å². The molecule has 0 spiro atoms. The molecule has 0 bridgehead atoms. The van der Waals surface area contributed by atoms with Gasteiger partial charge in [0.05, 0.1) is 18.8 Å². The molecule has 1 amide bonds. The second-order valence-electron chi connectivity index (χ2n) is 16.1. The summed E-state index contributed by atoms with van der Waals surface area (Å²) in [6, 6.07) is 10.7. The Kier molecular flexibility index (Phi) is 9.24. The first-order valence-electron chi connectivity index (χ1n) is 18.0.